The summed E-state index contributed by atoms with van der Waals surface area (Å²) in [6, 6.07) is 24.6. The molecule has 2 aromatic heterocycles. The van der Waals surface area contributed by atoms with Gasteiger partial charge in [0.2, 0.25) is 5.95 Å². The fraction of sp³-hybridized carbons (Fsp3) is 0.125. The maximum atomic E-state index is 13.4. The van der Waals surface area contributed by atoms with Gasteiger partial charge in [-0.25, -0.2) is 19.1 Å². The molecule has 0 aliphatic carbocycles. The molecule has 0 aliphatic rings. The van der Waals surface area contributed by atoms with Crippen molar-refractivity contribution >= 4 is 17.0 Å². The number of rotatable bonds is 5. The Morgan fingerprint density at radius 2 is 1.48 bits per heavy atom. The smallest absolute Gasteiger partial charge is 0.354 e. The highest BCUT2D eigenvalue weighted by Gasteiger charge is 2.19. The number of hydrogen-bond acceptors (Lipinski definition) is 4. The fourth-order valence-corrected chi connectivity index (χ4v) is 3.83. The average molecular weight is 411 g/mol. The zero-order chi connectivity index (χ0) is 21.4. The van der Waals surface area contributed by atoms with Crippen LogP contribution >= 0.6 is 0 Å². The molecule has 0 atom stereocenters. The summed E-state index contributed by atoms with van der Waals surface area (Å²) in [7, 11) is 0. The average Bonchev–Trinajstić information content (AvgIpc) is 3.06. The molecule has 0 bridgehead atoms. The van der Waals surface area contributed by atoms with E-state index in [-0.39, 0.29) is 0 Å². The molecule has 0 spiro atoms. The standard InChI is InChI=1S/C24H21N5O2/c1-17-9-8-14-20-21(17)26-22(25-16-15-18-10-4-2-5-11-18)29-24(31)27(23(30)28(20)29)19-12-6-3-7-13-19/h2-14H,15-16H2,1H3,(H,25,26). The van der Waals surface area contributed by atoms with Gasteiger partial charge >= 0.3 is 11.4 Å². The van der Waals surface area contributed by atoms with Crippen LogP contribution in [-0.4, -0.2) is 25.1 Å². The van der Waals surface area contributed by atoms with Crippen LogP contribution in [0.15, 0.2) is 88.5 Å². The summed E-state index contributed by atoms with van der Waals surface area (Å²) in [5.41, 5.74) is 2.99. The summed E-state index contributed by atoms with van der Waals surface area (Å²) in [4.78, 5) is 31.5. The normalized spacial score (nSPS) is 11.3. The predicted octanol–water partition coefficient (Wildman–Crippen LogP) is 3.06. The van der Waals surface area contributed by atoms with Crippen LogP contribution in [0.1, 0.15) is 11.1 Å². The summed E-state index contributed by atoms with van der Waals surface area (Å²) >= 11 is 0. The number of aromatic nitrogens is 4. The van der Waals surface area contributed by atoms with Gasteiger partial charge in [0.15, 0.2) is 0 Å². The van der Waals surface area contributed by atoms with Gasteiger partial charge < -0.3 is 5.32 Å². The minimum Gasteiger partial charge on any atom is -0.354 e. The van der Waals surface area contributed by atoms with Crippen LogP contribution < -0.4 is 16.7 Å². The fourth-order valence-electron chi connectivity index (χ4n) is 3.83. The highest BCUT2D eigenvalue weighted by molar-refractivity contribution is 5.78. The molecule has 3 aromatic carbocycles. The van der Waals surface area contributed by atoms with Gasteiger partial charge in [0.25, 0.3) is 0 Å². The van der Waals surface area contributed by atoms with Gasteiger partial charge in [-0.1, -0.05) is 60.7 Å². The van der Waals surface area contributed by atoms with E-state index in [0.29, 0.717) is 29.2 Å². The number of aryl methyl sites for hydroxylation is 1. The van der Waals surface area contributed by atoms with Crippen molar-refractivity contribution in [2.24, 2.45) is 0 Å². The zero-order valence-electron chi connectivity index (χ0n) is 17.0. The van der Waals surface area contributed by atoms with Crippen LogP contribution in [-0.2, 0) is 6.42 Å². The third kappa shape index (κ3) is 3.20. The molecule has 0 saturated heterocycles. The van der Waals surface area contributed by atoms with Crippen molar-refractivity contribution in [1.29, 1.82) is 0 Å². The Bertz CT molecular complexity index is 1500. The summed E-state index contributed by atoms with van der Waals surface area (Å²) in [6.45, 7) is 2.51. The third-order valence-corrected chi connectivity index (χ3v) is 5.36. The van der Waals surface area contributed by atoms with Crippen LogP contribution in [0.25, 0.3) is 16.7 Å². The highest BCUT2D eigenvalue weighted by Crippen LogP contribution is 2.17. The van der Waals surface area contributed by atoms with Crippen LogP contribution in [0.4, 0.5) is 5.95 Å². The molecular weight excluding hydrogens is 390 g/mol. The number of benzene rings is 3. The van der Waals surface area contributed by atoms with Crippen molar-refractivity contribution < 1.29 is 0 Å². The molecule has 0 radical (unpaired) electrons. The largest absolute Gasteiger partial charge is 0.359 e. The summed E-state index contributed by atoms with van der Waals surface area (Å²) in [6.07, 6.45) is 0.763. The molecule has 0 fully saturated rings. The van der Waals surface area contributed by atoms with E-state index in [4.69, 9.17) is 4.98 Å². The Morgan fingerprint density at radius 3 is 2.23 bits per heavy atom. The second-order valence-corrected chi connectivity index (χ2v) is 7.40. The quantitative estimate of drug-likeness (QED) is 0.483. The lowest BCUT2D eigenvalue weighted by Gasteiger charge is -2.11. The lowest BCUT2D eigenvalue weighted by molar-refractivity contribution is 0.780. The third-order valence-electron chi connectivity index (χ3n) is 5.36. The molecule has 154 valence electrons. The zero-order valence-corrected chi connectivity index (χ0v) is 17.0. The van der Waals surface area contributed by atoms with E-state index in [1.54, 1.807) is 30.3 Å². The maximum absolute atomic E-state index is 13.4. The van der Waals surface area contributed by atoms with E-state index in [2.05, 4.69) is 17.4 Å². The van der Waals surface area contributed by atoms with Crippen LogP contribution in [0.2, 0.25) is 0 Å². The molecule has 0 unspecified atom stereocenters. The molecule has 5 aromatic rings. The van der Waals surface area contributed by atoms with E-state index in [9.17, 15) is 9.59 Å². The van der Waals surface area contributed by atoms with Gasteiger partial charge in [-0.15, -0.1) is 0 Å². The molecule has 1 N–H and O–H groups in total. The van der Waals surface area contributed by atoms with Gasteiger partial charge in [-0.05, 0) is 42.7 Å². The molecule has 7 nitrogen and oxygen atoms in total. The lowest BCUT2D eigenvalue weighted by atomic mass is 10.1. The maximum Gasteiger partial charge on any atom is 0.359 e. The Kier molecular flexibility index (Phi) is 4.63. The molecule has 7 heteroatoms. The Morgan fingerprint density at radius 1 is 0.806 bits per heavy atom. The minimum atomic E-state index is -0.464. The monoisotopic (exact) mass is 411 g/mol. The van der Waals surface area contributed by atoms with Gasteiger partial charge in [-0.2, -0.15) is 9.03 Å². The van der Waals surface area contributed by atoms with Gasteiger partial charge in [-0.3, -0.25) is 0 Å². The topological polar surface area (TPSA) is 72.8 Å². The van der Waals surface area contributed by atoms with Crippen LogP contribution in [0.3, 0.4) is 0 Å². The minimum absolute atomic E-state index is 0.342. The molecule has 2 heterocycles. The molecule has 0 saturated carbocycles. The molecule has 0 aliphatic heterocycles. The second-order valence-electron chi connectivity index (χ2n) is 7.40. The number of nitrogens with zero attached hydrogens (tertiary/aromatic N) is 4. The van der Waals surface area contributed by atoms with E-state index in [1.807, 2.05) is 43.3 Å². The number of para-hydroxylation sites is 2. The van der Waals surface area contributed by atoms with E-state index < -0.39 is 11.4 Å². The first-order chi connectivity index (χ1) is 15.1. The predicted molar refractivity (Wildman–Crippen MR) is 121 cm³/mol. The number of fused-ring (bicyclic) bond motifs is 3. The van der Waals surface area contributed by atoms with Gasteiger partial charge in [0.05, 0.1) is 16.7 Å². The first kappa shape index (κ1) is 18.9. The summed E-state index contributed by atoms with van der Waals surface area (Å²) in [5.74, 6) is 0.342. The molecule has 5 rings (SSSR count). The van der Waals surface area contributed by atoms with Crippen molar-refractivity contribution in [3.63, 3.8) is 0 Å². The number of anilines is 1. The van der Waals surface area contributed by atoms with Crippen molar-refractivity contribution in [2.45, 2.75) is 13.3 Å². The molecular formula is C24H21N5O2. The summed E-state index contributed by atoms with van der Waals surface area (Å²) in [5, 5.41) is 3.27. The Hall–Kier alpha value is -4.13. The van der Waals surface area contributed by atoms with E-state index in [1.165, 1.54) is 19.2 Å². The number of hydrogen-bond donors (Lipinski definition) is 1. The Labute approximate surface area is 177 Å². The van der Waals surface area contributed by atoms with Crippen LogP contribution in [0, 0.1) is 6.92 Å². The first-order valence-corrected chi connectivity index (χ1v) is 10.1. The highest BCUT2D eigenvalue weighted by atomic mass is 16.2. The van der Waals surface area contributed by atoms with Crippen molar-refractivity contribution in [1.82, 2.24) is 18.6 Å². The van der Waals surface area contributed by atoms with Gasteiger partial charge in [0, 0.05) is 6.54 Å². The first-order valence-electron chi connectivity index (χ1n) is 10.1. The van der Waals surface area contributed by atoms with Crippen molar-refractivity contribution in [3.8, 4) is 5.69 Å². The number of nitrogens with one attached hydrogen (secondary N) is 1. The Balaban J connectivity index is 1.71. The van der Waals surface area contributed by atoms with E-state index >= 15 is 0 Å². The molecule has 0 amide bonds. The summed E-state index contributed by atoms with van der Waals surface area (Å²) < 4.78 is 3.89. The van der Waals surface area contributed by atoms with Crippen LogP contribution in [0.5, 0.6) is 0 Å². The molecule has 31 heavy (non-hydrogen) atoms. The van der Waals surface area contributed by atoms with Crippen molar-refractivity contribution in [2.75, 3.05) is 11.9 Å². The SMILES string of the molecule is Cc1cccc2c1nc(NCCc1ccccc1)n1c(=O)n(-c3ccccc3)c(=O)n21. The lowest BCUT2D eigenvalue weighted by Crippen LogP contribution is -2.26. The van der Waals surface area contributed by atoms with E-state index in [0.717, 1.165) is 12.0 Å². The van der Waals surface area contributed by atoms with Crippen molar-refractivity contribution in [3.05, 3.63) is 111 Å². The van der Waals surface area contributed by atoms with Gasteiger partial charge in [0.1, 0.15) is 0 Å². The second kappa shape index (κ2) is 7.60.